The van der Waals surface area contributed by atoms with Gasteiger partial charge in [0.25, 0.3) is 11.8 Å². The molecule has 1 aromatic carbocycles. The molecule has 3 aromatic rings. The first-order valence-corrected chi connectivity index (χ1v) is 14.4. The third kappa shape index (κ3) is 6.47. The fraction of sp³-hybridized carbons (Fsp3) is 0.391. The quantitative estimate of drug-likeness (QED) is 0.234. The number of nitrogens with zero attached hydrogens (tertiary/aromatic N) is 4. The Morgan fingerprint density at radius 1 is 1.19 bits per heavy atom. The first-order valence-electron chi connectivity index (χ1n) is 11.6. The molecule has 2 amide bonds. The van der Waals surface area contributed by atoms with E-state index in [-0.39, 0.29) is 0 Å². The summed E-state index contributed by atoms with van der Waals surface area (Å²) < 4.78 is 23.4. The van der Waals surface area contributed by atoms with E-state index in [2.05, 4.69) is 20.1 Å². The summed E-state index contributed by atoms with van der Waals surface area (Å²) in [4.78, 5) is 31.4. The first-order chi connectivity index (χ1) is 17.5. The number of nitrogens with one attached hydrogen (secondary N) is 2. The number of hydrogen-bond donors (Lipinski definition) is 6. The van der Waals surface area contributed by atoms with Crippen LogP contribution in [0.3, 0.4) is 0 Å². The molecular formula is C23H30N6O6S2. The Kier molecular flexibility index (Phi) is 8.16. The van der Waals surface area contributed by atoms with Crippen LogP contribution in [0.25, 0.3) is 5.69 Å². The summed E-state index contributed by atoms with van der Waals surface area (Å²) in [5.74, 6) is -1.64. The van der Waals surface area contributed by atoms with E-state index in [0.29, 0.717) is 30.2 Å². The summed E-state index contributed by atoms with van der Waals surface area (Å²) in [7, 11) is -3.00. The molecule has 3 heterocycles. The number of rotatable bonds is 9. The lowest BCUT2D eigenvalue weighted by atomic mass is 10.1. The van der Waals surface area contributed by atoms with E-state index in [1.165, 1.54) is 11.2 Å². The number of aliphatic hydroxyl groups excluding tert-OH is 2. The molecule has 1 saturated heterocycles. The van der Waals surface area contributed by atoms with Gasteiger partial charge in [-0.1, -0.05) is 12.1 Å². The van der Waals surface area contributed by atoms with E-state index in [4.69, 9.17) is 0 Å². The molecule has 1 aliphatic rings. The Hall–Kier alpha value is -3.01. The lowest BCUT2D eigenvalue weighted by Crippen LogP contribution is -2.51. The van der Waals surface area contributed by atoms with E-state index in [1.54, 1.807) is 23.2 Å². The lowest BCUT2D eigenvalue weighted by Gasteiger charge is -2.28. The Morgan fingerprint density at radius 2 is 1.92 bits per heavy atom. The number of benzene rings is 1. The topological polar surface area (TPSA) is 173 Å². The zero-order chi connectivity index (χ0) is 26.7. The van der Waals surface area contributed by atoms with Gasteiger partial charge in [0.1, 0.15) is 0 Å². The van der Waals surface area contributed by atoms with Crippen LogP contribution in [-0.4, -0.2) is 75.8 Å². The van der Waals surface area contributed by atoms with Crippen molar-refractivity contribution in [2.24, 2.45) is 0 Å². The van der Waals surface area contributed by atoms with Gasteiger partial charge in [0.15, 0.2) is 12.2 Å². The SMILES string of the molecule is C[C@@H](NC(=O)[C@H](O)[C@@H](O)C(=O)N1CCC[C@@H]1c1csc(NS(C)(O)O)n1)c1ccc(-n2cccn2)cc1. The summed E-state index contributed by atoms with van der Waals surface area (Å²) in [6.07, 6.45) is 2.04. The minimum atomic E-state index is -3.00. The van der Waals surface area contributed by atoms with Gasteiger partial charge in [-0.05, 0) is 43.5 Å². The molecule has 0 aliphatic carbocycles. The van der Waals surface area contributed by atoms with Crippen molar-refractivity contribution >= 4 is 39.1 Å². The number of amides is 2. The van der Waals surface area contributed by atoms with Crippen molar-refractivity contribution in [2.45, 2.75) is 44.1 Å². The van der Waals surface area contributed by atoms with Crippen LogP contribution in [0.1, 0.15) is 43.1 Å². The Balaban J connectivity index is 1.36. The van der Waals surface area contributed by atoms with Crippen LogP contribution in [0.15, 0.2) is 48.1 Å². The number of aromatic nitrogens is 3. The zero-order valence-corrected chi connectivity index (χ0v) is 21.9. The van der Waals surface area contributed by atoms with Crippen molar-refractivity contribution in [3.8, 4) is 5.69 Å². The summed E-state index contributed by atoms with van der Waals surface area (Å²) in [5.41, 5.74) is 2.15. The molecule has 0 bridgehead atoms. The molecule has 0 saturated carbocycles. The lowest BCUT2D eigenvalue weighted by molar-refractivity contribution is -0.154. The molecule has 37 heavy (non-hydrogen) atoms. The highest BCUT2D eigenvalue weighted by Gasteiger charge is 2.39. The Labute approximate surface area is 219 Å². The maximum Gasteiger partial charge on any atom is 0.255 e. The molecule has 0 unspecified atom stereocenters. The molecule has 1 fully saturated rings. The summed E-state index contributed by atoms with van der Waals surface area (Å²) in [6, 6.07) is 8.19. The number of anilines is 1. The van der Waals surface area contributed by atoms with Crippen LogP contribution in [0.4, 0.5) is 5.13 Å². The zero-order valence-electron chi connectivity index (χ0n) is 20.3. The van der Waals surface area contributed by atoms with Crippen molar-refractivity contribution in [1.29, 1.82) is 0 Å². The summed E-state index contributed by atoms with van der Waals surface area (Å²) in [5, 5.41) is 29.8. The monoisotopic (exact) mass is 550 g/mol. The number of carbonyl (C=O) groups excluding carboxylic acids is 2. The molecule has 12 nitrogen and oxygen atoms in total. The van der Waals surface area contributed by atoms with Gasteiger partial charge in [0, 0.05) is 30.6 Å². The van der Waals surface area contributed by atoms with Crippen LogP contribution in [0.2, 0.25) is 0 Å². The molecule has 0 radical (unpaired) electrons. The fourth-order valence-electron chi connectivity index (χ4n) is 4.16. The molecule has 4 rings (SSSR count). The third-order valence-electron chi connectivity index (χ3n) is 6.02. The smallest absolute Gasteiger partial charge is 0.255 e. The normalized spacial score (nSPS) is 18.8. The molecule has 2 aromatic heterocycles. The number of likely N-dealkylation sites (tertiary alicyclic amines) is 1. The van der Waals surface area contributed by atoms with Gasteiger partial charge in [0.2, 0.25) is 5.13 Å². The van der Waals surface area contributed by atoms with Crippen molar-refractivity contribution < 1.29 is 28.9 Å². The van der Waals surface area contributed by atoms with E-state index >= 15 is 0 Å². The average molecular weight is 551 g/mol. The minimum absolute atomic E-state index is 0.295. The van der Waals surface area contributed by atoms with Gasteiger partial charge in [-0.15, -0.1) is 22.1 Å². The standard InChI is InChI=1S/C23H30N6O6S2/c1-14(15-6-8-16(9-7-15)29-12-4-10-24-29)25-21(32)19(30)20(31)22(33)28-11-3-5-18(28)17-13-36-23(26-17)27-37(2,34)35/h4,6-10,12-14,18-20,30-31,34-35H,3,5,11H2,1-2H3,(H,25,32)(H,26,27)/t14-,18-,19-,20-/m1/s1. The van der Waals surface area contributed by atoms with Crippen molar-refractivity contribution in [3.05, 3.63) is 59.4 Å². The van der Waals surface area contributed by atoms with Crippen LogP contribution in [0.5, 0.6) is 0 Å². The van der Waals surface area contributed by atoms with Gasteiger partial charge in [-0.3, -0.25) is 23.4 Å². The number of thiazole rings is 1. The van der Waals surface area contributed by atoms with Crippen LogP contribution in [0, 0.1) is 0 Å². The second-order valence-corrected chi connectivity index (χ2v) is 11.6. The molecule has 14 heteroatoms. The Bertz CT molecular complexity index is 1210. The molecule has 1 aliphatic heterocycles. The predicted octanol–water partition coefficient (Wildman–Crippen LogP) is 2.30. The van der Waals surface area contributed by atoms with E-state index < -0.39 is 46.9 Å². The maximum atomic E-state index is 13.0. The highest BCUT2D eigenvalue weighted by Crippen LogP contribution is 2.38. The first kappa shape index (κ1) is 27.0. The average Bonchev–Trinajstić information content (AvgIpc) is 3.63. The Morgan fingerprint density at radius 3 is 2.57 bits per heavy atom. The van der Waals surface area contributed by atoms with Gasteiger partial charge in [-0.25, -0.2) is 9.67 Å². The van der Waals surface area contributed by atoms with Crippen LogP contribution >= 0.6 is 22.1 Å². The summed E-state index contributed by atoms with van der Waals surface area (Å²) in [6.45, 7) is 2.06. The van der Waals surface area contributed by atoms with Crippen molar-refractivity contribution in [1.82, 2.24) is 25.0 Å². The van der Waals surface area contributed by atoms with E-state index in [9.17, 15) is 28.9 Å². The number of hydrogen-bond acceptors (Lipinski definition) is 10. The molecule has 200 valence electrons. The molecule has 6 N–H and O–H groups in total. The highest BCUT2D eigenvalue weighted by molar-refractivity contribution is 8.24. The van der Waals surface area contributed by atoms with Crippen LogP contribution < -0.4 is 10.0 Å². The van der Waals surface area contributed by atoms with Gasteiger partial charge in [-0.2, -0.15) is 5.10 Å². The van der Waals surface area contributed by atoms with Crippen LogP contribution in [-0.2, 0) is 9.59 Å². The van der Waals surface area contributed by atoms with E-state index in [1.807, 2.05) is 36.5 Å². The van der Waals surface area contributed by atoms with Gasteiger partial charge in [0.05, 0.1) is 23.5 Å². The largest absolute Gasteiger partial charge is 0.380 e. The maximum absolute atomic E-state index is 13.0. The molecule has 4 atom stereocenters. The minimum Gasteiger partial charge on any atom is -0.380 e. The van der Waals surface area contributed by atoms with Crippen molar-refractivity contribution in [3.63, 3.8) is 0 Å². The number of aliphatic hydroxyl groups is 2. The number of carbonyl (C=O) groups is 2. The molecular weight excluding hydrogens is 520 g/mol. The summed E-state index contributed by atoms with van der Waals surface area (Å²) >= 11 is 1.16. The molecule has 0 spiro atoms. The second kappa shape index (κ2) is 11.2. The van der Waals surface area contributed by atoms with E-state index in [0.717, 1.165) is 22.6 Å². The third-order valence-corrected chi connectivity index (χ3v) is 7.51. The highest BCUT2D eigenvalue weighted by atomic mass is 32.3. The second-order valence-electron chi connectivity index (χ2n) is 8.86. The fourth-order valence-corrected chi connectivity index (χ4v) is 5.80. The predicted molar refractivity (Wildman–Crippen MR) is 140 cm³/mol. The van der Waals surface area contributed by atoms with Gasteiger partial charge >= 0.3 is 0 Å². The van der Waals surface area contributed by atoms with Gasteiger partial charge < -0.3 is 20.4 Å². The van der Waals surface area contributed by atoms with Crippen molar-refractivity contribution in [2.75, 3.05) is 17.5 Å².